The summed E-state index contributed by atoms with van der Waals surface area (Å²) in [5.41, 5.74) is -0.625. The van der Waals surface area contributed by atoms with E-state index < -0.39 is 17.2 Å². The van der Waals surface area contributed by atoms with Crippen LogP contribution >= 0.6 is 50.7 Å². The number of aryl methyl sites for hydroxylation is 1. The second-order valence-electron chi connectivity index (χ2n) is 5.64. The molecular weight excluding hydrogens is 484 g/mol. The molecular formula is C15H11BrCl3N5O3. The molecule has 27 heavy (non-hydrogen) atoms. The van der Waals surface area contributed by atoms with Gasteiger partial charge in [-0.05, 0) is 28.1 Å². The third kappa shape index (κ3) is 3.52. The number of aromatic nitrogens is 4. The van der Waals surface area contributed by atoms with E-state index in [-0.39, 0.29) is 38.2 Å². The number of carbonyl (C=O) groups excluding carboxylic acids is 1. The van der Waals surface area contributed by atoms with Crippen LogP contribution in [0.15, 0.2) is 26.5 Å². The smallest absolute Gasteiger partial charge is 0.322 e. The van der Waals surface area contributed by atoms with Crippen molar-refractivity contribution in [3.63, 3.8) is 0 Å². The molecule has 1 N–H and O–H groups in total. The first-order valence-corrected chi connectivity index (χ1v) is 9.30. The van der Waals surface area contributed by atoms with Crippen molar-refractivity contribution in [3.8, 4) is 0 Å². The lowest BCUT2D eigenvalue weighted by atomic mass is 10.3. The molecule has 1 amide bonds. The molecule has 3 rings (SSSR count). The summed E-state index contributed by atoms with van der Waals surface area (Å²) in [4.78, 5) is 41.1. The number of fused-ring (bicyclic) bond motifs is 1. The van der Waals surface area contributed by atoms with Gasteiger partial charge in [0.15, 0.2) is 15.9 Å². The van der Waals surface area contributed by atoms with Crippen LogP contribution < -0.4 is 16.6 Å². The maximum atomic E-state index is 12.5. The minimum absolute atomic E-state index is 0.0573. The third-order valence-corrected chi connectivity index (χ3v) is 5.29. The molecule has 3 aromatic rings. The Hall–Kier alpha value is -1.81. The average molecular weight is 496 g/mol. The van der Waals surface area contributed by atoms with Gasteiger partial charge in [-0.25, -0.2) is 9.78 Å². The number of carbonyl (C=O) groups is 1. The number of halogens is 4. The number of imidazole rings is 1. The molecule has 0 atom stereocenters. The minimum Gasteiger partial charge on any atom is -0.322 e. The highest BCUT2D eigenvalue weighted by atomic mass is 79.9. The van der Waals surface area contributed by atoms with E-state index in [1.54, 1.807) is 0 Å². The molecule has 0 radical (unpaired) electrons. The normalized spacial score (nSPS) is 11.2. The van der Waals surface area contributed by atoms with Crippen molar-refractivity contribution < 1.29 is 4.79 Å². The second kappa shape index (κ2) is 7.31. The minimum atomic E-state index is -0.559. The van der Waals surface area contributed by atoms with E-state index in [9.17, 15) is 14.4 Å². The van der Waals surface area contributed by atoms with Crippen LogP contribution in [0.3, 0.4) is 0 Å². The fourth-order valence-electron chi connectivity index (χ4n) is 2.59. The number of nitrogens with zero attached hydrogens (tertiary/aromatic N) is 4. The summed E-state index contributed by atoms with van der Waals surface area (Å²) in [5, 5.41) is 3.28. The van der Waals surface area contributed by atoms with Crippen molar-refractivity contribution in [3.05, 3.63) is 52.8 Å². The van der Waals surface area contributed by atoms with Gasteiger partial charge in [-0.3, -0.25) is 23.3 Å². The van der Waals surface area contributed by atoms with Gasteiger partial charge in [0.25, 0.3) is 5.56 Å². The molecule has 0 spiro atoms. The third-order valence-electron chi connectivity index (χ3n) is 3.87. The number of hydrogen-bond acceptors (Lipinski definition) is 4. The molecule has 0 saturated carbocycles. The van der Waals surface area contributed by atoms with E-state index in [4.69, 9.17) is 34.8 Å². The summed E-state index contributed by atoms with van der Waals surface area (Å²) in [6, 6.07) is 2.89. The van der Waals surface area contributed by atoms with Crippen molar-refractivity contribution in [2.45, 2.75) is 6.54 Å². The first kappa shape index (κ1) is 19.9. The van der Waals surface area contributed by atoms with Crippen LogP contribution in [-0.4, -0.2) is 24.6 Å². The molecule has 142 valence electrons. The molecule has 8 nitrogen and oxygen atoms in total. The highest BCUT2D eigenvalue weighted by Gasteiger charge is 2.20. The summed E-state index contributed by atoms with van der Waals surface area (Å²) in [6.45, 7) is -0.243. The molecule has 0 aliphatic heterocycles. The lowest BCUT2D eigenvalue weighted by Gasteiger charge is -2.12. The van der Waals surface area contributed by atoms with E-state index in [0.717, 1.165) is 4.57 Å². The predicted molar refractivity (Wildman–Crippen MR) is 108 cm³/mol. The molecule has 0 bridgehead atoms. The number of hydrogen-bond donors (Lipinski definition) is 1. The summed E-state index contributed by atoms with van der Waals surface area (Å²) in [6.07, 6.45) is 0. The van der Waals surface area contributed by atoms with Crippen molar-refractivity contribution >= 4 is 73.5 Å². The molecule has 0 fully saturated rings. The number of amides is 1. The average Bonchev–Trinajstić information content (AvgIpc) is 2.91. The van der Waals surface area contributed by atoms with Crippen LogP contribution in [0, 0.1) is 0 Å². The van der Waals surface area contributed by atoms with Crippen LogP contribution in [0.2, 0.25) is 15.1 Å². The number of nitrogens with one attached hydrogen (secondary N) is 1. The van der Waals surface area contributed by atoms with Crippen LogP contribution in [0.4, 0.5) is 5.69 Å². The van der Waals surface area contributed by atoms with Gasteiger partial charge in [-0.1, -0.05) is 34.8 Å². The van der Waals surface area contributed by atoms with Crippen molar-refractivity contribution in [1.82, 2.24) is 18.7 Å². The summed E-state index contributed by atoms with van der Waals surface area (Å²) in [7, 11) is 2.84. The Morgan fingerprint density at radius 2 is 1.74 bits per heavy atom. The topological polar surface area (TPSA) is 90.9 Å². The second-order valence-corrected chi connectivity index (χ2v) is 7.60. The maximum Gasteiger partial charge on any atom is 0.332 e. The number of anilines is 1. The molecule has 0 aliphatic rings. The van der Waals surface area contributed by atoms with E-state index in [2.05, 4.69) is 26.2 Å². The fourth-order valence-corrected chi connectivity index (χ4v) is 3.97. The zero-order valence-electron chi connectivity index (χ0n) is 13.9. The lowest BCUT2D eigenvalue weighted by Crippen LogP contribution is -2.37. The Bertz CT molecular complexity index is 1190. The molecule has 12 heteroatoms. The van der Waals surface area contributed by atoms with E-state index >= 15 is 0 Å². The highest BCUT2D eigenvalue weighted by molar-refractivity contribution is 9.10. The molecule has 0 aliphatic carbocycles. The Balaban J connectivity index is 2.03. The van der Waals surface area contributed by atoms with E-state index in [0.29, 0.717) is 5.02 Å². The van der Waals surface area contributed by atoms with Gasteiger partial charge < -0.3 is 5.32 Å². The number of benzene rings is 1. The Labute approximate surface area is 175 Å². The summed E-state index contributed by atoms with van der Waals surface area (Å²) in [5.74, 6) is -0.491. The Morgan fingerprint density at radius 3 is 2.33 bits per heavy atom. The van der Waals surface area contributed by atoms with Gasteiger partial charge >= 0.3 is 5.69 Å². The quantitative estimate of drug-likeness (QED) is 0.566. The van der Waals surface area contributed by atoms with Gasteiger partial charge in [-0.15, -0.1) is 0 Å². The van der Waals surface area contributed by atoms with Gasteiger partial charge in [0.2, 0.25) is 5.91 Å². The SMILES string of the molecule is Cn1c(=O)c2nc(Br)n(CC(=O)Nc3c(Cl)cc(Cl)cc3Cl)c2n(C)c1=O. The zero-order chi connectivity index (χ0) is 20.0. The van der Waals surface area contributed by atoms with Gasteiger partial charge in [0.05, 0.1) is 15.7 Å². The van der Waals surface area contributed by atoms with Crippen LogP contribution in [0.5, 0.6) is 0 Å². The molecule has 0 unspecified atom stereocenters. The van der Waals surface area contributed by atoms with Crippen LogP contribution in [0.25, 0.3) is 11.2 Å². The van der Waals surface area contributed by atoms with Crippen LogP contribution in [0.1, 0.15) is 0 Å². The standard InChI is InChI=1S/C15H11BrCl3N5O3/c1-22-12-11(13(26)23(2)15(22)27)21-14(16)24(12)5-9(25)20-10-7(18)3-6(17)4-8(10)19/h3-4H,5H2,1-2H3,(H,20,25). The summed E-state index contributed by atoms with van der Waals surface area (Å²) < 4.78 is 3.80. The number of rotatable bonds is 3. The van der Waals surface area contributed by atoms with E-state index in [1.807, 2.05) is 0 Å². The molecule has 0 saturated heterocycles. The van der Waals surface area contributed by atoms with Gasteiger partial charge in [-0.2, -0.15) is 0 Å². The molecule has 1 aromatic carbocycles. The monoisotopic (exact) mass is 493 g/mol. The summed E-state index contributed by atoms with van der Waals surface area (Å²) >= 11 is 21.2. The zero-order valence-corrected chi connectivity index (χ0v) is 17.7. The van der Waals surface area contributed by atoms with Crippen molar-refractivity contribution in [2.24, 2.45) is 14.1 Å². The Morgan fingerprint density at radius 1 is 1.15 bits per heavy atom. The van der Waals surface area contributed by atoms with Crippen molar-refractivity contribution in [2.75, 3.05) is 5.32 Å². The Kier molecular flexibility index (Phi) is 5.40. The van der Waals surface area contributed by atoms with Crippen molar-refractivity contribution in [1.29, 1.82) is 0 Å². The first-order valence-electron chi connectivity index (χ1n) is 7.38. The van der Waals surface area contributed by atoms with Gasteiger partial charge in [0, 0.05) is 19.1 Å². The van der Waals surface area contributed by atoms with Crippen LogP contribution in [-0.2, 0) is 25.4 Å². The lowest BCUT2D eigenvalue weighted by molar-refractivity contribution is -0.116. The molecule has 2 heterocycles. The van der Waals surface area contributed by atoms with E-state index in [1.165, 1.54) is 35.4 Å². The highest BCUT2D eigenvalue weighted by Crippen LogP contribution is 2.33. The predicted octanol–water partition coefficient (Wildman–Crippen LogP) is 2.80. The maximum absolute atomic E-state index is 12.5. The largest absolute Gasteiger partial charge is 0.332 e. The molecule has 2 aromatic heterocycles. The van der Waals surface area contributed by atoms with Gasteiger partial charge in [0.1, 0.15) is 6.54 Å². The first-order chi connectivity index (χ1) is 12.6. The fraction of sp³-hybridized carbons (Fsp3) is 0.200.